The van der Waals surface area contributed by atoms with Crippen LogP contribution in [0.5, 0.6) is 0 Å². The van der Waals surface area contributed by atoms with Gasteiger partial charge in [-0.15, -0.1) is 0 Å². The van der Waals surface area contributed by atoms with Crippen molar-refractivity contribution in [2.24, 2.45) is 0 Å². The summed E-state index contributed by atoms with van der Waals surface area (Å²) in [7, 11) is 0. The van der Waals surface area contributed by atoms with Crippen LogP contribution in [-0.4, -0.2) is 35.4 Å². The number of carboxylic acid groups (broad SMARTS) is 1. The molecule has 1 heterocycles. The fourth-order valence-corrected chi connectivity index (χ4v) is 0.807. The first-order valence-corrected chi connectivity index (χ1v) is 3.71. The summed E-state index contributed by atoms with van der Waals surface area (Å²) in [6.07, 6.45) is 1.83. The van der Waals surface area contributed by atoms with Gasteiger partial charge in [0.2, 0.25) is 0 Å². The van der Waals surface area contributed by atoms with Crippen molar-refractivity contribution in [3.63, 3.8) is 0 Å². The van der Waals surface area contributed by atoms with Crippen molar-refractivity contribution in [2.75, 3.05) is 13.1 Å². The van der Waals surface area contributed by atoms with Crippen LogP contribution < -0.4 is 5.32 Å². The van der Waals surface area contributed by atoms with Gasteiger partial charge in [0.1, 0.15) is 0 Å². The highest BCUT2D eigenvalue weighted by Gasteiger charge is 2.06. The zero-order chi connectivity index (χ0) is 8.69. The van der Waals surface area contributed by atoms with E-state index >= 15 is 0 Å². The molecule has 1 aliphatic heterocycles. The summed E-state index contributed by atoms with van der Waals surface area (Å²) in [5.74, 6) is -0.833. The van der Waals surface area contributed by atoms with E-state index in [9.17, 15) is 0 Å². The number of carbonyl (C=O) groups is 1. The Morgan fingerprint density at radius 3 is 2.00 bits per heavy atom. The van der Waals surface area contributed by atoms with Gasteiger partial charge in [-0.1, -0.05) is 0 Å². The molecule has 0 bridgehead atoms. The van der Waals surface area contributed by atoms with E-state index in [0.29, 0.717) is 0 Å². The van der Waals surface area contributed by atoms with Crippen molar-refractivity contribution in [1.29, 1.82) is 0 Å². The summed E-state index contributed by atoms with van der Waals surface area (Å²) in [6.45, 7) is 3.06. The molecular weight excluding hydrogens is 146 g/mol. The molecule has 1 rings (SSSR count). The minimum atomic E-state index is -0.833. The predicted octanol–water partition coefficient (Wildman–Crippen LogP) is -0.178. The highest BCUT2D eigenvalue weighted by atomic mass is 16.4. The van der Waals surface area contributed by atoms with Crippen LogP contribution in [0.25, 0.3) is 0 Å². The van der Waals surface area contributed by atoms with Gasteiger partial charge >= 0.3 is 0 Å². The standard InChI is InChI=1S/C5H11NO.C2H4O2/c7-5-1-3-6-4-2-5;1-2(3)4/h5-7H,1-4H2;1H3,(H,3,4). The lowest BCUT2D eigenvalue weighted by molar-refractivity contribution is -0.134. The molecule has 1 fully saturated rings. The van der Waals surface area contributed by atoms with E-state index in [2.05, 4.69) is 5.32 Å². The average molecular weight is 161 g/mol. The maximum atomic E-state index is 9.00. The van der Waals surface area contributed by atoms with E-state index in [1.165, 1.54) is 0 Å². The molecule has 4 nitrogen and oxygen atoms in total. The number of aliphatic hydroxyl groups excluding tert-OH is 1. The first-order chi connectivity index (χ1) is 5.13. The van der Waals surface area contributed by atoms with Gasteiger partial charge in [0, 0.05) is 6.92 Å². The minimum Gasteiger partial charge on any atom is -0.481 e. The van der Waals surface area contributed by atoms with Crippen LogP contribution in [-0.2, 0) is 4.79 Å². The minimum absolute atomic E-state index is 0.0266. The largest absolute Gasteiger partial charge is 0.481 e. The van der Waals surface area contributed by atoms with E-state index in [0.717, 1.165) is 32.9 Å². The van der Waals surface area contributed by atoms with E-state index in [4.69, 9.17) is 15.0 Å². The average Bonchev–Trinajstić information content (AvgIpc) is 1.87. The summed E-state index contributed by atoms with van der Waals surface area (Å²) in [5, 5.41) is 19.4. The Labute approximate surface area is 66.2 Å². The van der Waals surface area contributed by atoms with Gasteiger partial charge in [0.05, 0.1) is 6.10 Å². The second-order valence-electron chi connectivity index (χ2n) is 2.50. The van der Waals surface area contributed by atoms with Crippen LogP contribution in [0.15, 0.2) is 0 Å². The van der Waals surface area contributed by atoms with Gasteiger partial charge in [-0.3, -0.25) is 4.79 Å². The Kier molecular flexibility index (Phi) is 5.78. The molecule has 0 unspecified atom stereocenters. The Balaban J connectivity index is 0.000000218. The Hall–Kier alpha value is -0.610. The fraction of sp³-hybridized carbons (Fsp3) is 0.857. The number of hydrogen-bond acceptors (Lipinski definition) is 3. The monoisotopic (exact) mass is 161 g/mol. The van der Waals surface area contributed by atoms with Crippen LogP contribution in [0.1, 0.15) is 19.8 Å². The maximum Gasteiger partial charge on any atom is 0.300 e. The van der Waals surface area contributed by atoms with Gasteiger partial charge in [-0.25, -0.2) is 0 Å². The molecule has 0 amide bonds. The molecule has 0 radical (unpaired) electrons. The van der Waals surface area contributed by atoms with Crippen molar-refractivity contribution in [3.8, 4) is 0 Å². The molecule has 0 aromatic rings. The molecule has 0 atom stereocenters. The summed E-state index contributed by atoms with van der Waals surface area (Å²) >= 11 is 0. The SMILES string of the molecule is CC(=O)O.OC1CCNCC1. The lowest BCUT2D eigenvalue weighted by atomic mass is 10.1. The first kappa shape index (κ1) is 10.4. The molecule has 3 N–H and O–H groups in total. The van der Waals surface area contributed by atoms with Crippen molar-refractivity contribution < 1.29 is 15.0 Å². The second-order valence-corrected chi connectivity index (χ2v) is 2.50. The second kappa shape index (κ2) is 6.12. The molecule has 4 heteroatoms. The molecule has 0 aromatic carbocycles. The van der Waals surface area contributed by atoms with Crippen LogP contribution in [0.4, 0.5) is 0 Å². The number of carboxylic acids is 1. The molecule has 66 valence electrons. The number of hydrogen-bond donors (Lipinski definition) is 3. The molecule has 0 saturated carbocycles. The quantitative estimate of drug-likeness (QED) is 0.461. The van der Waals surface area contributed by atoms with Crippen molar-refractivity contribution >= 4 is 5.97 Å². The van der Waals surface area contributed by atoms with Crippen molar-refractivity contribution in [2.45, 2.75) is 25.9 Å². The highest BCUT2D eigenvalue weighted by Crippen LogP contribution is 1.99. The highest BCUT2D eigenvalue weighted by molar-refractivity contribution is 5.62. The zero-order valence-electron chi connectivity index (χ0n) is 6.71. The number of nitrogens with one attached hydrogen (secondary N) is 1. The molecule has 0 aromatic heterocycles. The lowest BCUT2D eigenvalue weighted by Gasteiger charge is -2.16. The Bertz CT molecular complexity index is 106. The number of rotatable bonds is 0. The smallest absolute Gasteiger partial charge is 0.300 e. The fourth-order valence-electron chi connectivity index (χ4n) is 0.807. The molecule has 1 saturated heterocycles. The normalized spacial score (nSPS) is 18.4. The van der Waals surface area contributed by atoms with Gasteiger partial charge in [-0.05, 0) is 25.9 Å². The summed E-state index contributed by atoms with van der Waals surface area (Å²) < 4.78 is 0. The topological polar surface area (TPSA) is 69.6 Å². The van der Waals surface area contributed by atoms with Gasteiger partial charge in [0.15, 0.2) is 0 Å². The number of aliphatic hydroxyl groups is 1. The zero-order valence-corrected chi connectivity index (χ0v) is 6.71. The van der Waals surface area contributed by atoms with Crippen molar-refractivity contribution in [3.05, 3.63) is 0 Å². The first-order valence-electron chi connectivity index (χ1n) is 3.71. The van der Waals surface area contributed by atoms with Crippen LogP contribution in [0.2, 0.25) is 0 Å². The number of piperidine rings is 1. The third-order valence-electron chi connectivity index (χ3n) is 1.31. The van der Waals surface area contributed by atoms with E-state index in [1.807, 2.05) is 0 Å². The van der Waals surface area contributed by atoms with Crippen molar-refractivity contribution in [1.82, 2.24) is 5.32 Å². The Morgan fingerprint density at radius 2 is 1.82 bits per heavy atom. The summed E-state index contributed by atoms with van der Waals surface area (Å²) in [6, 6.07) is 0. The molecular formula is C7H15NO3. The third kappa shape index (κ3) is 9.39. The predicted molar refractivity (Wildman–Crippen MR) is 41.4 cm³/mol. The van der Waals surface area contributed by atoms with Crippen LogP contribution in [0, 0.1) is 0 Å². The van der Waals surface area contributed by atoms with Crippen LogP contribution in [0.3, 0.4) is 0 Å². The maximum absolute atomic E-state index is 9.00. The Morgan fingerprint density at radius 1 is 1.45 bits per heavy atom. The molecule has 0 aliphatic carbocycles. The molecule has 0 spiro atoms. The van der Waals surface area contributed by atoms with E-state index in [1.54, 1.807) is 0 Å². The van der Waals surface area contributed by atoms with Gasteiger partial charge in [0.25, 0.3) is 5.97 Å². The number of aliphatic carboxylic acids is 1. The summed E-state index contributed by atoms with van der Waals surface area (Å²) in [4.78, 5) is 9.00. The molecule has 1 aliphatic rings. The third-order valence-corrected chi connectivity index (χ3v) is 1.31. The van der Waals surface area contributed by atoms with Gasteiger partial charge in [-0.2, -0.15) is 0 Å². The van der Waals surface area contributed by atoms with E-state index in [-0.39, 0.29) is 6.10 Å². The van der Waals surface area contributed by atoms with Gasteiger partial charge < -0.3 is 15.5 Å². The van der Waals surface area contributed by atoms with E-state index < -0.39 is 5.97 Å². The lowest BCUT2D eigenvalue weighted by Crippen LogP contribution is -2.30. The molecule has 11 heavy (non-hydrogen) atoms. The van der Waals surface area contributed by atoms with Crippen LogP contribution >= 0.6 is 0 Å². The summed E-state index contributed by atoms with van der Waals surface area (Å²) in [5.41, 5.74) is 0.